The molecule has 0 aromatic heterocycles. The van der Waals surface area contributed by atoms with E-state index >= 15 is 0 Å². The Bertz CT molecular complexity index is 1000. The molecular weight excluding hydrogens is 499 g/mol. The monoisotopic (exact) mass is 522 g/mol. The van der Waals surface area contributed by atoms with Crippen LogP contribution >= 0.6 is 34.4 Å². The smallest absolute Gasteiger partial charge is 0.264 e. The number of aryl methyl sites for hydroxylation is 2. The third kappa shape index (κ3) is 5.33. The number of aliphatic imine (C=N–C) groups is 1. The predicted octanol–water partition coefficient (Wildman–Crippen LogP) is 5.60. The average Bonchev–Trinajstić information content (AvgIpc) is 3.01. The van der Waals surface area contributed by atoms with E-state index in [-0.39, 0.29) is 5.91 Å². The fourth-order valence-electron chi connectivity index (χ4n) is 2.84. The van der Waals surface area contributed by atoms with Crippen molar-refractivity contribution in [1.29, 1.82) is 0 Å². The van der Waals surface area contributed by atoms with Crippen LogP contribution in [0.2, 0.25) is 0 Å². The molecule has 0 radical (unpaired) electrons. The summed E-state index contributed by atoms with van der Waals surface area (Å²) >= 11 is 3.56. The van der Waals surface area contributed by atoms with Crippen LogP contribution in [0.15, 0.2) is 40.2 Å². The van der Waals surface area contributed by atoms with Gasteiger partial charge in [0.2, 0.25) is 0 Å². The van der Waals surface area contributed by atoms with Crippen LogP contribution in [-0.4, -0.2) is 24.8 Å². The lowest BCUT2D eigenvalue weighted by Crippen LogP contribution is -2.19. The van der Waals surface area contributed by atoms with Gasteiger partial charge < -0.3 is 14.8 Å². The van der Waals surface area contributed by atoms with Gasteiger partial charge in [0, 0.05) is 0 Å². The molecule has 1 heterocycles. The number of ether oxygens (including phenoxy) is 2. The third-order valence-corrected chi connectivity index (χ3v) is 5.94. The molecule has 1 N–H and O–H groups in total. The Morgan fingerprint density at radius 1 is 1.24 bits per heavy atom. The van der Waals surface area contributed by atoms with Gasteiger partial charge in [0.1, 0.15) is 0 Å². The van der Waals surface area contributed by atoms with Gasteiger partial charge in [-0.15, -0.1) is 0 Å². The number of carbonyl (C=O) groups is 1. The molecule has 0 saturated carbocycles. The summed E-state index contributed by atoms with van der Waals surface area (Å²) in [4.78, 5) is 17.6. The quantitative estimate of drug-likeness (QED) is 0.397. The summed E-state index contributed by atoms with van der Waals surface area (Å²) in [6, 6.07) is 9.92. The van der Waals surface area contributed by atoms with E-state index in [0.717, 1.165) is 32.6 Å². The lowest BCUT2D eigenvalue weighted by Gasteiger charge is -2.13. The molecule has 1 aliphatic rings. The number of rotatable bonds is 6. The Hall–Kier alpha value is -2.00. The fraction of sp³-hybridized carbons (Fsp3) is 0.273. The second-order valence-electron chi connectivity index (χ2n) is 6.65. The van der Waals surface area contributed by atoms with Gasteiger partial charge in [-0.25, -0.2) is 4.99 Å². The van der Waals surface area contributed by atoms with Crippen LogP contribution in [0.3, 0.4) is 0 Å². The molecule has 0 spiro atoms. The van der Waals surface area contributed by atoms with E-state index < -0.39 is 0 Å². The van der Waals surface area contributed by atoms with E-state index in [2.05, 4.69) is 45.9 Å². The first-order valence-electron chi connectivity index (χ1n) is 9.28. The molecule has 5 nitrogen and oxygen atoms in total. The van der Waals surface area contributed by atoms with E-state index in [4.69, 9.17) is 9.47 Å². The number of thioether (sulfide) groups is 1. The summed E-state index contributed by atoms with van der Waals surface area (Å²) in [6.07, 6.45) is 2.77. The van der Waals surface area contributed by atoms with Gasteiger partial charge in [0.05, 0.1) is 27.9 Å². The van der Waals surface area contributed by atoms with Crippen molar-refractivity contribution in [2.45, 2.75) is 27.2 Å². The maximum atomic E-state index is 12.4. The molecule has 1 fully saturated rings. The highest BCUT2D eigenvalue weighted by Crippen LogP contribution is 2.36. The summed E-state index contributed by atoms with van der Waals surface area (Å²) in [6.45, 7) is 6.75. The molecule has 0 atom stereocenters. The van der Waals surface area contributed by atoms with Gasteiger partial charge in [0.25, 0.3) is 5.91 Å². The number of nitrogens with one attached hydrogen (secondary N) is 1. The van der Waals surface area contributed by atoms with Crippen LogP contribution in [-0.2, 0) is 4.79 Å². The van der Waals surface area contributed by atoms with Gasteiger partial charge in [-0.05, 0) is 90.0 Å². The van der Waals surface area contributed by atoms with Crippen molar-refractivity contribution in [3.05, 3.63) is 55.5 Å². The second kappa shape index (κ2) is 9.67. The summed E-state index contributed by atoms with van der Waals surface area (Å²) in [7, 11) is 1.62. The zero-order valence-corrected chi connectivity index (χ0v) is 19.8. The normalized spacial score (nSPS) is 16.4. The Balaban J connectivity index is 1.86. The Kier molecular flexibility index (Phi) is 7.23. The van der Waals surface area contributed by atoms with E-state index in [1.807, 2.05) is 44.2 Å². The molecule has 0 bridgehead atoms. The van der Waals surface area contributed by atoms with Gasteiger partial charge in [-0.1, -0.05) is 24.6 Å². The summed E-state index contributed by atoms with van der Waals surface area (Å²) in [5, 5.41) is 3.43. The van der Waals surface area contributed by atoms with E-state index in [0.29, 0.717) is 22.4 Å². The minimum absolute atomic E-state index is 0.154. The lowest BCUT2D eigenvalue weighted by atomic mass is 10.1. The van der Waals surface area contributed by atoms with Gasteiger partial charge in [-0.2, -0.15) is 0 Å². The molecule has 2 aromatic carbocycles. The molecular formula is C22H23IN2O3S. The topological polar surface area (TPSA) is 59.9 Å². The highest BCUT2D eigenvalue weighted by atomic mass is 127. The predicted molar refractivity (Wildman–Crippen MR) is 128 cm³/mol. The highest BCUT2D eigenvalue weighted by Gasteiger charge is 2.24. The largest absolute Gasteiger partial charge is 0.493 e. The Labute approximate surface area is 189 Å². The molecule has 2 aromatic rings. The van der Waals surface area contributed by atoms with Gasteiger partial charge in [0.15, 0.2) is 16.7 Å². The zero-order valence-electron chi connectivity index (χ0n) is 16.8. The van der Waals surface area contributed by atoms with E-state index in [1.54, 1.807) is 7.11 Å². The third-order valence-electron chi connectivity index (χ3n) is 4.23. The summed E-state index contributed by atoms with van der Waals surface area (Å²) in [5.41, 5.74) is 3.99. The molecule has 29 heavy (non-hydrogen) atoms. The maximum Gasteiger partial charge on any atom is 0.264 e. The average molecular weight is 522 g/mol. The number of amides is 1. The Morgan fingerprint density at radius 2 is 2.03 bits per heavy atom. The highest BCUT2D eigenvalue weighted by molar-refractivity contribution is 14.1. The van der Waals surface area contributed by atoms with Crippen molar-refractivity contribution in [1.82, 2.24) is 5.32 Å². The van der Waals surface area contributed by atoms with Crippen molar-refractivity contribution in [2.24, 2.45) is 4.99 Å². The first-order valence-corrected chi connectivity index (χ1v) is 11.2. The van der Waals surface area contributed by atoms with Crippen LogP contribution in [0.4, 0.5) is 5.69 Å². The van der Waals surface area contributed by atoms with Crippen molar-refractivity contribution < 1.29 is 14.3 Å². The standard InChI is InChI=1S/C22H23IN2O3S/c1-5-8-28-20-16(23)10-15(11-18(20)27-4)12-19-21(26)25-22(29-19)24-17-7-6-13(2)9-14(17)3/h6-7,9-12H,5,8H2,1-4H3,(H,24,25,26)/b19-12+. The number of hydrogen-bond donors (Lipinski definition) is 1. The molecule has 0 aliphatic carbocycles. The summed E-state index contributed by atoms with van der Waals surface area (Å²) in [5.74, 6) is 1.24. The van der Waals surface area contributed by atoms with E-state index in [9.17, 15) is 4.79 Å². The number of halogens is 1. The SMILES string of the molecule is CCCOc1c(I)cc(/C=C2/SC(=Nc3ccc(C)cc3C)NC2=O)cc1OC. The first-order chi connectivity index (χ1) is 13.9. The number of nitrogens with zero attached hydrogens (tertiary/aromatic N) is 1. The van der Waals surface area contributed by atoms with Crippen LogP contribution in [0.25, 0.3) is 6.08 Å². The molecule has 0 unspecified atom stereocenters. The maximum absolute atomic E-state index is 12.4. The van der Waals surface area contributed by atoms with Crippen molar-refractivity contribution >= 4 is 57.2 Å². The molecule has 1 amide bonds. The minimum Gasteiger partial charge on any atom is -0.493 e. The van der Waals surface area contributed by atoms with E-state index in [1.165, 1.54) is 17.3 Å². The van der Waals surface area contributed by atoms with Crippen LogP contribution in [0.1, 0.15) is 30.0 Å². The van der Waals surface area contributed by atoms with Gasteiger partial charge in [-0.3, -0.25) is 4.79 Å². The molecule has 1 saturated heterocycles. The van der Waals surface area contributed by atoms with Crippen molar-refractivity contribution in [2.75, 3.05) is 13.7 Å². The molecule has 3 rings (SSSR count). The van der Waals surface area contributed by atoms with Crippen molar-refractivity contribution in [3.8, 4) is 11.5 Å². The van der Waals surface area contributed by atoms with Crippen LogP contribution < -0.4 is 14.8 Å². The number of amidine groups is 1. The molecule has 7 heteroatoms. The van der Waals surface area contributed by atoms with Crippen molar-refractivity contribution in [3.63, 3.8) is 0 Å². The lowest BCUT2D eigenvalue weighted by molar-refractivity contribution is -0.115. The van der Waals surface area contributed by atoms with Gasteiger partial charge >= 0.3 is 0 Å². The number of carbonyl (C=O) groups excluding carboxylic acids is 1. The Morgan fingerprint density at radius 3 is 2.72 bits per heavy atom. The molecule has 152 valence electrons. The van der Waals surface area contributed by atoms with Crippen LogP contribution in [0.5, 0.6) is 11.5 Å². The minimum atomic E-state index is -0.154. The molecule has 1 aliphatic heterocycles. The summed E-state index contributed by atoms with van der Waals surface area (Å²) < 4.78 is 12.2. The number of hydrogen-bond acceptors (Lipinski definition) is 5. The first kappa shape index (κ1) is 21.7. The second-order valence-corrected chi connectivity index (χ2v) is 8.85. The number of benzene rings is 2. The fourth-order valence-corrected chi connectivity index (χ4v) is 4.46. The number of methoxy groups -OCH3 is 1. The van der Waals surface area contributed by atoms with Crippen LogP contribution in [0, 0.1) is 17.4 Å². The zero-order chi connectivity index (χ0) is 21.0.